The van der Waals surface area contributed by atoms with Gasteiger partial charge in [0.1, 0.15) is 0 Å². The maximum atomic E-state index is 14.0. The highest BCUT2D eigenvalue weighted by Crippen LogP contribution is 2.24. The van der Waals surface area contributed by atoms with Crippen LogP contribution in [0.4, 0.5) is 10.1 Å². The molecule has 2 rings (SSSR count). The molecule has 1 aromatic carbocycles. The molecule has 19 heavy (non-hydrogen) atoms. The summed E-state index contributed by atoms with van der Waals surface area (Å²) < 4.78 is 14.0. The van der Waals surface area contributed by atoms with E-state index in [-0.39, 0.29) is 0 Å². The van der Waals surface area contributed by atoms with Crippen LogP contribution in [0.25, 0.3) is 0 Å². The van der Waals surface area contributed by atoms with Gasteiger partial charge in [0.15, 0.2) is 0 Å². The third kappa shape index (κ3) is 3.29. The molecule has 0 bridgehead atoms. The van der Waals surface area contributed by atoms with Gasteiger partial charge in [-0.05, 0) is 26.3 Å². The van der Waals surface area contributed by atoms with Crippen molar-refractivity contribution < 1.29 is 9.31 Å². The summed E-state index contributed by atoms with van der Waals surface area (Å²) >= 11 is 0. The largest absolute Gasteiger partial charge is 0.305 e. The predicted octanol–water partition coefficient (Wildman–Crippen LogP) is 3.50. The molecule has 1 unspecified atom stereocenters. The topological polar surface area (TPSA) is 46.4 Å². The smallest absolute Gasteiger partial charge is 0.296 e. The molecule has 1 aliphatic heterocycles. The zero-order valence-corrected chi connectivity index (χ0v) is 11.1. The van der Waals surface area contributed by atoms with Crippen molar-refractivity contribution in [1.82, 2.24) is 4.90 Å². The molecule has 1 aromatic rings. The summed E-state index contributed by atoms with van der Waals surface area (Å²) in [7, 11) is 0. The highest BCUT2D eigenvalue weighted by Gasteiger charge is 2.22. The Balaban J connectivity index is 2.18. The summed E-state index contributed by atoms with van der Waals surface area (Å²) in [6, 6.07) is 4.81. The standard InChI is InChI=1S/C14H19FN2O2/c1-11-6-3-2-4-9-16(11)10-12-7-5-8-13(14(12)15)17(18)19/h5,7-8,11H,2-4,6,9-10H2,1H3. The van der Waals surface area contributed by atoms with E-state index in [0.717, 1.165) is 19.4 Å². The van der Waals surface area contributed by atoms with Crippen LogP contribution in [-0.4, -0.2) is 22.4 Å². The van der Waals surface area contributed by atoms with E-state index in [1.54, 1.807) is 12.1 Å². The molecule has 1 aliphatic rings. The van der Waals surface area contributed by atoms with Gasteiger partial charge in [0.2, 0.25) is 5.82 Å². The minimum atomic E-state index is -0.691. The number of likely N-dealkylation sites (tertiary alicyclic amines) is 1. The number of nitro benzene ring substituents is 1. The fourth-order valence-electron chi connectivity index (χ4n) is 2.62. The Labute approximate surface area is 112 Å². The number of hydrogen-bond acceptors (Lipinski definition) is 3. The number of nitro groups is 1. The second kappa shape index (κ2) is 6.10. The average Bonchev–Trinajstić information content (AvgIpc) is 2.57. The fourth-order valence-corrected chi connectivity index (χ4v) is 2.62. The molecule has 1 fully saturated rings. The minimum absolute atomic E-state index is 0.404. The molecular weight excluding hydrogens is 247 g/mol. The van der Waals surface area contributed by atoms with Gasteiger partial charge in [-0.25, -0.2) is 0 Å². The summed E-state index contributed by atoms with van der Waals surface area (Å²) in [5.41, 5.74) is -0.0112. The lowest BCUT2D eigenvalue weighted by molar-refractivity contribution is -0.387. The number of benzene rings is 1. The zero-order valence-electron chi connectivity index (χ0n) is 11.1. The molecule has 1 saturated heterocycles. The number of hydrogen-bond donors (Lipinski definition) is 0. The van der Waals surface area contributed by atoms with E-state index >= 15 is 0 Å². The van der Waals surface area contributed by atoms with Crippen molar-refractivity contribution in [3.63, 3.8) is 0 Å². The molecule has 5 heteroatoms. The molecule has 0 radical (unpaired) electrons. The first-order valence-corrected chi connectivity index (χ1v) is 6.75. The first-order chi connectivity index (χ1) is 9.09. The van der Waals surface area contributed by atoms with Crippen molar-refractivity contribution >= 4 is 5.69 Å². The van der Waals surface area contributed by atoms with E-state index in [1.807, 2.05) is 0 Å². The van der Waals surface area contributed by atoms with Crippen LogP contribution in [0, 0.1) is 15.9 Å². The van der Waals surface area contributed by atoms with Crippen LogP contribution in [0.3, 0.4) is 0 Å². The molecule has 0 aromatic heterocycles. The Morgan fingerprint density at radius 1 is 1.42 bits per heavy atom. The van der Waals surface area contributed by atoms with Gasteiger partial charge in [-0.1, -0.05) is 25.0 Å². The van der Waals surface area contributed by atoms with E-state index < -0.39 is 16.4 Å². The van der Waals surface area contributed by atoms with Crippen LogP contribution in [0.5, 0.6) is 0 Å². The monoisotopic (exact) mass is 266 g/mol. The van der Waals surface area contributed by atoms with E-state index in [4.69, 9.17) is 0 Å². The highest BCUT2D eigenvalue weighted by atomic mass is 19.1. The summed E-state index contributed by atoms with van der Waals surface area (Å²) in [6.07, 6.45) is 4.63. The molecule has 4 nitrogen and oxygen atoms in total. The van der Waals surface area contributed by atoms with Crippen molar-refractivity contribution in [1.29, 1.82) is 0 Å². The molecule has 0 spiro atoms. The molecule has 104 valence electrons. The highest BCUT2D eigenvalue weighted by molar-refractivity contribution is 5.36. The SMILES string of the molecule is CC1CCCCCN1Cc1cccc([N+](=O)[O-])c1F. The Hall–Kier alpha value is -1.49. The van der Waals surface area contributed by atoms with Gasteiger partial charge in [0.05, 0.1) is 4.92 Å². The van der Waals surface area contributed by atoms with Crippen LogP contribution in [0.1, 0.15) is 38.2 Å². The predicted molar refractivity (Wildman–Crippen MR) is 71.4 cm³/mol. The van der Waals surface area contributed by atoms with Gasteiger partial charge >= 0.3 is 5.69 Å². The lowest BCUT2D eigenvalue weighted by Gasteiger charge is -2.26. The van der Waals surface area contributed by atoms with E-state index in [9.17, 15) is 14.5 Å². The molecule has 1 heterocycles. The zero-order chi connectivity index (χ0) is 13.8. The van der Waals surface area contributed by atoms with E-state index in [2.05, 4.69) is 11.8 Å². The first kappa shape index (κ1) is 13.9. The molecule has 0 aliphatic carbocycles. The molecular formula is C14H19FN2O2. The number of halogens is 1. The minimum Gasteiger partial charge on any atom is -0.296 e. The van der Waals surface area contributed by atoms with Crippen LogP contribution in [0.15, 0.2) is 18.2 Å². The number of nitrogens with zero attached hydrogens (tertiary/aromatic N) is 2. The maximum Gasteiger partial charge on any atom is 0.305 e. The second-order valence-corrected chi connectivity index (χ2v) is 5.18. The van der Waals surface area contributed by atoms with Crippen LogP contribution >= 0.6 is 0 Å². The molecule has 1 atom stereocenters. The van der Waals surface area contributed by atoms with Gasteiger partial charge in [-0.3, -0.25) is 15.0 Å². The molecule has 0 N–H and O–H groups in total. The number of rotatable bonds is 3. The summed E-state index contributed by atoms with van der Waals surface area (Å²) in [4.78, 5) is 12.3. The first-order valence-electron chi connectivity index (χ1n) is 6.75. The van der Waals surface area contributed by atoms with Crippen LogP contribution in [-0.2, 0) is 6.54 Å². The van der Waals surface area contributed by atoms with Crippen molar-refractivity contribution in [3.8, 4) is 0 Å². The van der Waals surface area contributed by atoms with Crippen LogP contribution < -0.4 is 0 Å². The van der Waals surface area contributed by atoms with Gasteiger partial charge in [-0.2, -0.15) is 4.39 Å². The van der Waals surface area contributed by atoms with E-state index in [0.29, 0.717) is 18.2 Å². The summed E-state index contributed by atoms with van der Waals surface area (Å²) in [6.45, 7) is 3.53. The second-order valence-electron chi connectivity index (χ2n) is 5.18. The van der Waals surface area contributed by atoms with E-state index in [1.165, 1.54) is 18.9 Å². The van der Waals surface area contributed by atoms with Crippen LogP contribution in [0.2, 0.25) is 0 Å². The van der Waals surface area contributed by atoms with Crippen molar-refractivity contribution in [2.75, 3.05) is 6.54 Å². The average molecular weight is 266 g/mol. The molecule has 0 amide bonds. The maximum absolute atomic E-state index is 14.0. The third-order valence-corrected chi connectivity index (χ3v) is 3.82. The van der Waals surface area contributed by atoms with Crippen molar-refractivity contribution in [3.05, 3.63) is 39.7 Å². The van der Waals surface area contributed by atoms with Crippen molar-refractivity contribution in [2.24, 2.45) is 0 Å². The Morgan fingerprint density at radius 2 is 2.21 bits per heavy atom. The van der Waals surface area contributed by atoms with Gasteiger partial charge < -0.3 is 0 Å². The summed E-state index contributed by atoms with van der Waals surface area (Å²) in [5.74, 6) is -0.691. The lowest BCUT2D eigenvalue weighted by Crippen LogP contribution is -2.32. The Kier molecular flexibility index (Phi) is 4.47. The Bertz CT molecular complexity index is 465. The third-order valence-electron chi connectivity index (χ3n) is 3.82. The van der Waals surface area contributed by atoms with Gasteiger partial charge in [-0.15, -0.1) is 0 Å². The molecule has 0 saturated carbocycles. The quantitative estimate of drug-likeness (QED) is 0.621. The normalized spacial score (nSPS) is 21.1. The van der Waals surface area contributed by atoms with Gasteiger partial charge in [0.25, 0.3) is 0 Å². The fraction of sp³-hybridized carbons (Fsp3) is 0.571. The Morgan fingerprint density at radius 3 is 2.95 bits per heavy atom. The van der Waals surface area contributed by atoms with Crippen molar-refractivity contribution in [2.45, 2.75) is 45.2 Å². The van der Waals surface area contributed by atoms with Gasteiger partial charge in [0, 0.05) is 24.2 Å². The lowest BCUT2D eigenvalue weighted by atomic mass is 10.1. The summed E-state index contributed by atoms with van der Waals surface area (Å²) in [5, 5.41) is 10.7.